The molecule has 2 rings (SSSR count). The highest BCUT2D eigenvalue weighted by atomic mass is 16.5. The highest BCUT2D eigenvalue weighted by Gasteiger charge is 2.25. The van der Waals surface area contributed by atoms with Crippen LogP contribution in [0.2, 0.25) is 0 Å². The zero-order valence-electron chi connectivity index (χ0n) is 9.89. The third-order valence-electron chi connectivity index (χ3n) is 3.05. The van der Waals surface area contributed by atoms with Gasteiger partial charge in [0.1, 0.15) is 5.69 Å². The van der Waals surface area contributed by atoms with E-state index in [1.54, 1.807) is 0 Å². The Hall–Kier alpha value is -0.940. The van der Waals surface area contributed by atoms with Crippen LogP contribution in [0.1, 0.15) is 50.0 Å². The lowest BCUT2D eigenvalue weighted by molar-refractivity contribution is 0.0827. The van der Waals surface area contributed by atoms with Gasteiger partial charge >= 0.3 is 0 Å². The molecule has 0 radical (unpaired) electrons. The predicted molar refractivity (Wildman–Crippen MR) is 59.1 cm³/mol. The lowest BCUT2D eigenvalue weighted by atomic mass is 9.94. The van der Waals surface area contributed by atoms with Crippen LogP contribution in [-0.2, 0) is 11.3 Å². The molecule has 1 aromatic heterocycles. The van der Waals surface area contributed by atoms with Crippen molar-refractivity contribution in [2.24, 2.45) is 0 Å². The van der Waals surface area contributed by atoms with E-state index in [0.29, 0.717) is 5.92 Å². The van der Waals surface area contributed by atoms with Crippen molar-refractivity contribution in [1.29, 1.82) is 0 Å². The molecule has 0 bridgehead atoms. The molecule has 16 heavy (non-hydrogen) atoms. The second-order valence-corrected chi connectivity index (χ2v) is 4.50. The SMILES string of the molecule is CC(C)n1nnc(CO)c1C1CCOCC1. The van der Waals surface area contributed by atoms with Crippen LogP contribution < -0.4 is 0 Å². The molecule has 1 aromatic rings. The Morgan fingerprint density at radius 1 is 1.44 bits per heavy atom. The lowest BCUT2D eigenvalue weighted by Crippen LogP contribution is -2.19. The quantitative estimate of drug-likeness (QED) is 0.841. The van der Waals surface area contributed by atoms with E-state index in [2.05, 4.69) is 24.2 Å². The first-order valence-corrected chi connectivity index (χ1v) is 5.86. The summed E-state index contributed by atoms with van der Waals surface area (Å²) in [5.41, 5.74) is 1.82. The van der Waals surface area contributed by atoms with E-state index in [9.17, 15) is 5.11 Å². The Morgan fingerprint density at radius 2 is 2.12 bits per heavy atom. The van der Waals surface area contributed by atoms with E-state index in [1.165, 1.54) is 0 Å². The zero-order valence-corrected chi connectivity index (χ0v) is 9.89. The summed E-state index contributed by atoms with van der Waals surface area (Å²) in [5.74, 6) is 0.424. The summed E-state index contributed by atoms with van der Waals surface area (Å²) in [5, 5.41) is 17.5. The summed E-state index contributed by atoms with van der Waals surface area (Å²) in [7, 11) is 0. The Balaban J connectivity index is 2.31. The number of ether oxygens (including phenoxy) is 1. The largest absolute Gasteiger partial charge is 0.390 e. The van der Waals surface area contributed by atoms with Crippen LogP contribution in [0.4, 0.5) is 0 Å². The molecule has 0 aromatic carbocycles. The normalized spacial score (nSPS) is 18.2. The standard InChI is InChI=1S/C11H19N3O2/c1-8(2)14-11(10(7-15)12-13-14)9-3-5-16-6-4-9/h8-9,15H,3-7H2,1-2H3. The summed E-state index contributed by atoms with van der Waals surface area (Å²) in [6.07, 6.45) is 1.99. The van der Waals surface area contributed by atoms with Crippen molar-refractivity contribution >= 4 is 0 Å². The van der Waals surface area contributed by atoms with Gasteiger partial charge in [0.25, 0.3) is 0 Å². The third-order valence-corrected chi connectivity index (χ3v) is 3.05. The molecule has 0 saturated carbocycles. The molecule has 5 nitrogen and oxygen atoms in total. The Labute approximate surface area is 95.4 Å². The Morgan fingerprint density at radius 3 is 2.69 bits per heavy atom. The Kier molecular flexibility index (Phi) is 3.56. The lowest BCUT2D eigenvalue weighted by Gasteiger charge is -2.24. The van der Waals surface area contributed by atoms with Crippen LogP contribution in [0, 0.1) is 0 Å². The van der Waals surface area contributed by atoms with Gasteiger partial charge in [0.15, 0.2) is 0 Å². The van der Waals surface area contributed by atoms with Gasteiger partial charge in [-0.05, 0) is 26.7 Å². The van der Waals surface area contributed by atoms with Crippen LogP contribution in [0.3, 0.4) is 0 Å². The minimum atomic E-state index is -0.0284. The molecule has 2 heterocycles. The van der Waals surface area contributed by atoms with E-state index in [0.717, 1.165) is 37.4 Å². The molecule has 0 atom stereocenters. The average Bonchev–Trinajstić information content (AvgIpc) is 2.73. The minimum Gasteiger partial charge on any atom is -0.390 e. The zero-order chi connectivity index (χ0) is 11.5. The maximum atomic E-state index is 9.30. The molecular weight excluding hydrogens is 206 g/mol. The molecular formula is C11H19N3O2. The molecule has 1 aliphatic rings. The molecule has 1 aliphatic heterocycles. The number of aromatic nitrogens is 3. The first-order valence-electron chi connectivity index (χ1n) is 5.86. The summed E-state index contributed by atoms with van der Waals surface area (Å²) in [6, 6.07) is 0.283. The van der Waals surface area contributed by atoms with Crippen molar-refractivity contribution in [3.05, 3.63) is 11.4 Å². The van der Waals surface area contributed by atoms with Crippen LogP contribution in [-0.4, -0.2) is 33.3 Å². The summed E-state index contributed by atoms with van der Waals surface area (Å²) < 4.78 is 7.29. The second kappa shape index (κ2) is 4.93. The third kappa shape index (κ3) is 2.10. The predicted octanol–water partition coefficient (Wildman–Crippen LogP) is 1.25. The average molecular weight is 225 g/mol. The van der Waals surface area contributed by atoms with Gasteiger partial charge < -0.3 is 9.84 Å². The monoisotopic (exact) mass is 225 g/mol. The molecule has 1 N–H and O–H groups in total. The molecule has 5 heteroatoms. The van der Waals surface area contributed by atoms with Crippen molar-refractivity contribution < 1.29 is 9.84 Å². The fourth-order valence-corrected chi connectivity index (χ4v) is 2.22. The molecule has 90 valence electrons. The van der Waals surface area contributed by atoms with Crippen LogP contribution in [0.5, 0.6) is 0 Å². The van der Waals surface area contributed by atoms with E-state index in [-0.39, 0.29) is 12.6 Å². The van der Waals surface area contributed by atoms with Gasteiger partial charge in [-0.1, -0.05) is 5.21 Å². The number of hydrogen-bond acceptors (Lipinski definition) is 4. The minimum absolute atomic E-state index is 0.0284. The fraction of sp³-hybridized carbons (Fsp3) is 0.818. The topological polar surface area (TPSA) is 60.2 Å². The maximum absolute atomic E-state index is 9.30. The van der Waals surface area contributed by atoms with Gasteiger partial charge in [0.2, 0.25) is 0 Å². The number of aliphatic hydroxyl groups is 1. The van der Waals surface area contributed by atoms with Crippen molar-refractivity contribution in [2.75, 3.05) is 13.2 Å². The van der Waals surface area contributed by atoms with Gasteiger partial charge in [-0.2, -0.15) is 0 Å². The van der Waals surface area contributed by atoms with Gasteiger partial charge in [0.05, 0.1) is 12.3 Å². The van der Waals surface area contributed by atoms with E-state index >= 15 is 0 Å². The highest BCUT2D eigenvalue weighted by molar-refractivity contribution is 5.16. The van der Waals surface area contributed by atoms with Crippen LogP contribution >= 0.6 is 0 Å². The van der Waals surface area contributed by atoms with Gasteiger partial charge in [-0.3, -0.25) is 0 Å². The summed E-state index contributed by atoms with van der Waals surface area (Å²) in [6.45, 7) is 5.72. The number of hydrogen-bond donors (Lipinski definition) is 1. The molecule has 0 aliphatic carbocycles. The van der Waals surface area contributed by atoms with Crippen molar-refractivity contribution in [3.63, 3.8) is 0 Å². The van der Waals surface area contributed by atoms with Crippen LogP contribution in [0.15, 0.2) is 0 Å². The van der Waals surface area contributed by atoms with Crippen molar-refractivity contribution in [3.8, 4) is 0 Å². The fourth-order valence-electron chi connectivity index (χ4n) is 2.22. The molecule has 1 fully saturated rings. The van der Waals surface area contributed by atoms with Gasteiger partial charge in [-0.25, -0.2) is 4.68 Å². The summed E-state index contributed by atoms with van der Waals surface area (Å²) in [4.78, 5) is 0. The number of rotatable bonds is 3. The summed E-state index contributed by atoms with van der Waals surface area (Å²) >= 11 is 0. The van der Waals surface area contributed by atoms with Crippen LogP contribution in [0.25, 0.3) is 0 Å². The van der Waals surface area contributed by atoms with Crippen molar-refractivity contribution in [2.45, 2.75) is 45.3 Å². The molecule has 0 spiro atoms. The van der Waals surface area contributed by atoms with Gasteiger partial charge in [0, 0.05) is 25.2 Å². The number of aliphatic hydroxyl groups excluding tert-OH is 1. The maximum Gasteiger partial charge on any atom is 0.112 e. The number of nitrogens with zero attached hydrogens (tertiary/aromatic N) is 3. The second-order valence-electron chi connectivity index (χ2n) is 4.50. The molecule has 1 saturated heterocycles. The molecule has 0 amide bonds. The first-order chi connectivity index (χ1) is 7.74. The van der Waals surface area contributed by atoms with E-state index < -0.39 is 0 Å². The van der Waals surface area contributed by atoms with E-state index in [4.69, 9.17) is 4.74 Å². The highest BCUT2D eigenvalue weighted by Crippen LogP contribution is 2.30. The Bertz CT molecular complexity index is 343. The smallest absolute Gasteiger partial charge is 0.112 e. The van der Waals surface area contributed by atoms with Gasteiger partial charge in [-0.15, -0.1) is 5.10 Å². The van der Waals surface area contributed by atoms with Crippen molar-refractivity contribution in [1.82, 2.24) is 15.0 Å². The van der Waals surface area contributed by atoms with E-state index in [1.807, 2.05) is 4.68 Å². The first kappa shape index (κ1) is 11.5. The molecule has 0 unspecified atom stereocenters.